The standard InChI is InChI=1S/C12H18BrNO/c1-3-8-12(2,9-15)14-11-7-5-4-6-10(11)13/h4-7,14-15H,3,8-9H2,1-2H3. The summed E-state index contributed by atoms with van der Waals surface area (Å²) in [5.41, 5.74) is 0.793. The van der Waals surface area contributed by atoms with Gasteiger partial charge in [0, 0.05) is 10.2 Å². The van der Waals surface area contributed by atoms with Crippen LogP contribution in [0.1, 0.15) is 26.7 Å². The molecule has 2 N–H and O–H groups in total. The Hall–Kier alpha value is -0.540. The SMILES string of the molecule is CCCC(C)(CO)Nc1ccccc1Br. The van der Waals surface area contributed by atoms with Crippen molar-refractivity contribution in [3.8, 4) is 0 Å². The number of hydrogen-bond acceptors (Lipinski definition) is 2. The molecule has 0 aliphatic carbocycles. The lowest BCUT2D eigenvalue weighted by atomic mass is 9.97. The van der Waals surface area contributed by atoms with Crippen LogP contribution >= 0.6 is 15.9 Å². The number of hydrogen-bond donors (Lipinski definition) is 2. The number of aliphatic hydroxyl groups excluding tert-OH is 1. The van der Waals surface area contributed by atoms with Crippen molar-refractivity contribution >= 4 is 21.6 Å². The third kappa shape index (κ3) is 3.50. The van der Waals surface area contributed by atoms with E-state index in [0.717, 1.165) is 23.0 Å². The molecule has 1 atom stereocenters. The molecule has 1 aromatic rings. The van der Waals surface area contributed by atoms with Gasteiger partial charge >= 0.3 is 0 Å². The molecule has 1 aromatic carbocycles. The molecule has 2 nitrogen and oxygen atoms in total. The normalized spacial score (nSPS) is 14.7. The number of anilines is 1. The molecule has 3 heteroatoms. The van der Waals surface area contributed by atoms with E-state index in [-0.39, 0.29) is 12.1 Å². The maximum Gasteiger partial charge on any atom is 0.0658 e. The zero-order chi connectivity index (χ0) is 11.3. The van der Waals surface area contributed by atoms with Crippen molar-refractivity contribution in [2.75, 3.05) is 11.9 Å². The Morgan fingerprint density at radius 3 is 2.60 bits per heavy atom. The monoisotopic (exact) mass is 271 g/mol. The lowest BCUT2D eigenvalue weighted by Gasteiger charge is -2.30. The van der Waals surface area contributed by atoms with Crippen LogP contribution in [0.25, 0.3) is 0 Å². The summed E-state index contributed by atoms with van der Waals surface area (Å²) >= 11 is 3.49. The molecule has 0 radical (unpaired) electrons. The highest BCUT2D eigenvalue weighted by Gasteiger charge is 2.22. The van der Waals surface area contributed by atoms with Gasteiger partial charge in [0.2, 0.25) is 0 Å². The minimum absolute atomic E-state index is 0.141. The van der Waals surface area contributed by atoms with Gasteiger partial charge in [0.15, 0.2) is 0 Å². The van der Waals surface area contributed by atoms with Crippen molar-refractivity contribution in [2.24, 2.45) is 0 Å². The topological polar surface area (TPSA) is 32.3 Å². The number of aliphatic hydroxyl groups is 1. The highest BCUT2D eigenvalue weighted by Crippen LogP contribution is 2.26. The van der Waals surface area contributed by atoms with Crippen LogP contribution in [-0.2, 0) is 0 Å². The Morgan fingerprint density at radius 2 is 2.07 bits per heavy atom. The predicted octanol–water partition coefficient (Wildman–Crippen LogP) is 3.41. The number of benzene rings is 1. The van der Waals surface area contributed by atoms with Crippen LogP contribution in [0.4, 0.5) is 5.69 Å². The molecule has 0 saturated carbocycles. The highest BCUT2D eigenvalue weighted by atomic mass is 79.9. The molecule has 0 amide bonds. The van der Waals surface area contributed by atoms with Crippen LogP contribution in [0.5, 0.6) is 0 Å². The summed E-state index contributed by atoms with van der Waals surface area (Å²) in [7, 11) is 0. The Kier molecular flexibility index (Phi) is 4.61. The summed E-state index contributed by atoms with van der Waals surface area (Å²) in [4.78, 5) is 0. The first kappa shape index (κ1) is 12.5. The van der Waals surface area contributed by atoms with Gasteiger partial charge in [-0.1, -0.05) is 25.5 Å². The zero-order valence-corrected chi connectivity index (χ0v) is 10.8. The highest BCUT2D eigenvalue weighted by molar-refractivity contribution is 9.10. The molecule has 0 heterocycles. The molecule has 0 aliphatic rings. The molecule has 15 heavy (non-hydrogen) atoms. The van der Waals surface area contributed by atoms with Crippen LogP contribution in [-0.4, -0.2) is 17.3 Å². The van der Waals surface area contributed by atoms with Crippen molar-refractivity contribution < 1.29 is 5.11 Å². The van der Waals surface area contributed by atoms with Gasteiger partial charge in [-0.2, -0.15) is 0 Å². The quantitative estimate of drug-likeness (QED) is 0.860. The third-order valence-corrected chi connectivity index (χ3v) is 3.15. The van der Waals surface area contributed by atoms with Gasteiger partial charge in [0.25, 0.3) is 0 Å². The average molecular weight is 272 g/mol. The second kappa shape index (κ2) is 5.52. The van der Waals surface area contributed by atoms with Crippen molar-refractivity contribution in [2.45, 2.75) is 32.2 Å². The van der Waals surface area contributed by atoms with Crippen LogP contribution in [0.15, 0.2) is 28.7 Å². The van der Waals surface area contributed by atoms with E-state index in [0.29, 0.717) is 0 Å². The lowest BCUT2D eigenvalue weighted by molar-refractivity contribution is 0.214. The predicted molar refractivity (Wildman–Crippen MR) is 68.2 cm³/mol. The van der Waals surface area contributed by atoms with Crippen LogP contribution in [0.2, 0.25) is 0 Å². The molecule has 0 saturated heterocycles. The molecule has 0 bridgehead atoms. The first-order valence-corrected chi connectivity index (χ1v) is 6.04. The Balaban J connectivity index is 2.79. The average Bonchev–Trinajstić information content (AvgIpc) is 2.22. The molecule has 0 aliphatic heterocycles. The van der Waals surface area contributed by atoms with E-state index in [4.69, 9.17) is 0 Å². The first-order chi connectivity index (χ1) is 7.11. The maximum atomic E-state index is 9.39. The Morgan fingerprint density at radius 1 is 1.40 bits per heavy atom. The van der Waals surface area contributed by atoms with E-state index in [1.54, 1.807) is 0 Å². The third-order valence-electron chi connectivity index (χ3n) is 2.46. The van der Waals surface area contributed by atoms with Crippen molar-refractivity contribution in [3.05, 3.63) is 28.7 Å². The van der Waals surface area contributed by atoms with Gasteiger partial charge in [0.1, 0.15) is 0 Å². The summed E-state index contributed by atoms with van der Waals surface area (Å²) in [6.45, 7) is 4.30. The van der Waals surface area contributed by atoms with Gasteiger partial charge in [0.05, 0.1) is 12.1 Å². The maximum absolute atomic E-state index is 9.39. The minimum atomic E-state index is -0.237. The Bertz CT molecular complexity index is 316. The fraction of sp³-hybridized carbons (Fsp3) is 0.500. The van der Waals surface area contributed by atoms with Crippen LogP contribution in [0, 0.1) is 0 Å². The number of para-hydroxylation sites is 1. The molecule has 1 rings (SSSR count). The van der Waals surface area contributed by atoms with Crippen LogP contribution in [0.3, 0.4) is 0 Å². The van der Waals surface area contributed by atoms with E-state index < -0.39 is 0 Å². The van der Waals surface area contributed by atoms with Crippen molar-refractivity contribution in [3.63, 3.8) is 0 Å². The summed E-state index contributed by atoms with van der Waals surface area (Å²) in [6, 6.07) is 7.96. The van der Waals surface area contributed by atoms with Gasteiger partial charge in [-0.05, 0) is 41.4 Å². The summed E-state index contributed by atoms with van der Waals surface area (Å²) in [5.74, 6) is 0. The Labute approximate surface area is 99.8 Å². The smallest absolute Gasteiger partial charge is 0.0658 e. The van der Waals surface area contributed by atoms with E-state index in [1.807, 2.05) is 31.2 Å². The van der Waals surface area contributed by atoms with E-state index in [1.165, 1.54) is 0 Å². The second-order valence-corrected chi connectivity index (χ2v) is 4.93. The number of rotatable bonds is 5. The molecule has 0 aromatic heterocycles. The lowest BCUT2D eigenvalue weighted by Crippen LogP contribution is -2.38. The summed E-state index contributed by atoms with van der Waals surface area (Å²) in [6.07, 6.45) is 2.00. The number of halogens is 1. The van der Waals surface area contributed by atoms with E-state index in [9.17, 15) is 5.11 Å². The van der Waals surface area contributed by atoms with Gasteiger partial charge in [-0.15, -0.1) is 0 Å². The fourth-order valence-corrected chi connectivity index (χ4v) is 2.00. The van der Waals surface area contributed by atoms with Gasteiger partial charge in [-0.3, -0.25) is 0 Å². The fourth-order valence-electron chi connectivity index (χ4n) is 1.62. The molecule has 0 fully saturated rings. The van der Waals surface area contributed by atoms with E-state index >= 15 is 0 Å². The number of nitrogens with one attached hydrogen (secondary N) is 1. The molecule has 1 unspecified atom stereocenters. The zero-order valence-electron chi connectivity index (χ0n) is 9.26. The van der Waals surface area contributed by atoms with Crippen LogP contribution < -0.4 is 5.32 Å². The minimum Gasteiger partial charge on any atom is -0.394 e. The van der Waals surface area contributed by atoms with Gasteiger partial charge in [-0.25, -0.2) is 0 Å². The summed E-state index contributed by atoms with van der Waals surface area (Å²) in [5, 5.41) is 12.8. The largest absolute Gasteiger partial charge is 0.394 e. The van der Waals surface area contributed by atoms with Crippen molar-refractivity contribution in [1.82, 2.24) is 0 Å². The second-order valence-electron chi connectivity index (χ2n) is 4.07. The molecule has 0 spiro atoms. The molecular formula is C12H18BrNO. The van der Waals surface area contributed by atoms with Gasteiger partial charge < -0.3 is 10.4 Å². The van der Waals surface area contributed by atoms with E-state index in [2.05, 4.69) is 28.2 Å². The summed E-state index contributed by atoms with van der Waals surface area (Å²) < 4.78 is 1.03. The first-order valence-electron chi connectivity index (χ1n) is 5.25. The van der Waals surface area contributed by atoms with Crippen molar-refractivity contribution in [1.29, 1.82) is 0 Å². The molecular weight excluding hydrogens is 254 g/mol. The molecule has 84 valence electrons.